The van der Waals surface area contributed by atoms with E-state index in [2.05, 4.69) is 34.2 Å². The summed E-state index contributed by atoms with van der Waals surface area (Å²) in [6.07, 6.45) is 0. The number of benzene rings is 2. The lowest BCUT2D eigenvalue weighted by molar-refractivity contribution is -0.931. The molecule has 0 aliphatic carbocycles. The van der Waals surface area contributed by atoms with Gasteiger partial charge >= 0.3 is 0 Å². The van der Waals surface area contributed by atoms with Gasteiger partial charge in [-0.25, -0.2) is 0 Å². The number of piperazine rings is 1. The first kappa shape index (κ1) is 20.2. The van der Waals surface area contributed by atoms with E-state index < -0.39 is 0 Å². The first-order chi connectivity index (χ1) is 14.7. The molecule has 0 bridgehead atoms. The number of methoxy groups -OCH3 is 1. The molecule has 7 heteroatoms. The van der Waals surface area contributed by atoms with Gasteiger partial charge in [-0.3, -0.25) is 0 Å². The maximum absolute atomic E-state index is 6.00. The van der Waals surface area contributed by atoms with Gasteiger partial charge in [0.05, 0.1) is 45.6 Å². The van der Waals surface area contributed by atoms with Crippen molar-refractivity contribution in [2.75, 3.05) is 44.8 Å². The normalized spacial score (nSPS) is 15.8. The SMILES string of the molecule is CCOc1ccccc1N1CC[NH+]([C@H](C)c2nnc(-c3ccc(OC)cc3)o2)CC1. The second kappa shape index (κ2) is 9.17. The standard InChI is InChI=1S/C23H28N4O3/c1-4-29-21-8-6-5-7-20(21)27-15-13-26(14-16-27)17(2)22-24-25-23(30-22)18-9-11-19(28-3)12-10-18/h5-12,17H,4,13-16H2,1-3H3/p+1/t17-/m1/s1. The van der Waals surface area contributed by atoms with Crippen LogP contribution in [-0.4, -0.2) is 50.1 Å². The van der Waals surface area contributed by atoms with Crippen LogP contribution in [0.4, 0.5) is 5.69 Å². The fraction of sp³-hybridized carbons (Fsp3) is 0.391. The van der Waals surface area contributed by atoms with Crippen LogP contribution in [0.25, 0.3) is 11.5 Å². The van der Waals surface area contributed by atoms with Crippen LogP contribution in [0.15, 0.2) is 52.9 Å². The Bertz CT molecular complexity index is 949. The van der Waals surface area contributed by atoms with Crippen LogP contribution in [0.3, 0.4) is 0 Å². The van der Waals surface area contributed by atoms with Crippen LogP contribution in [0.2, 0.25) is 0 Å². The van der Waals surface area contributed by atoms with Crippen LogP contribution >= 0.6 is 0 Å². The van der Waals surface area contributed by atoms with E-state index in [1.54, 1.807) is 7.11 Å². The molecule has 1 fully saturated rings. The molecule has 1 aromatic heterocycles. The molecule has 0 saturated carbocycles. The predicted molar refractivity (Wildman–Crippen MR) is 115 cm³/mol. The molecule has 1 atom stereocenters. The molecule has 1 saturated heterocycles. The zero-order valence-corrected chi connectivity index (χ0v) is 17.8. The van der Waals surface area contributed by atoms with Crippen LogP contribution in [0.1, 0.15) is 25.8 Å². The first-order valence-electron chi connectivity index (χ1n) is 10.5. The average Bonchev–Trinajstić information content (AvgIpc) is 3.30. The van der Waals surface area contributed by atoms with Crippen LogP contribution in [0, 0.1) is 0 Å². The molecule has 1 N–H and O–H groups in total. The average molecular weight is 410 g/mol. The number of quaternary nitrogens is 1. The number of aromatic nitrogens is 2. The zero-order chi connectivity index (χ0) is 20.9. The van der Waals surface area contributed by atoms with E-state index in [9.17, 15) is 0 Å². The van der Waals surface area contributed by atoms with Gasteiger partial charge in [0.15, 0.2) is 6.04 Å². The molecule has 7 nitrogen and oxygen atoms in total. The summed E-state index contributed by atoms with van der Waals surface area (Å²) in [5.41, 5.74) is 2.07. The molecule has 2 aromatic carbocycles. The number of hydrogen-bond donors (Lipinski definition) is 1. The van der Waals surface area contributed by atoms with Crippen molar-refractivity contribution in [3.8, 4) is 23.0 Å². The number of hydrogen-bond acceptors (Lipinski definition) is 6. The number of para-hydroxylation sites is 2. The van der Waals surface area contributed by atoms with Crippen LogP contribution < -0.4 is 19.3 Å². The zero-order valence-electron chi connectivity index (χ0n) is 17.8. The van der Waals surface area contributed by atoms with Crippen LogP contribution in [-0.2, 0) is 0 Å². The third-order valence-corrected chi connectivity index (χ3v) is 5.67. The summed E-state index contributed by atoms with van der Waals surface area (Å²) in [6.45, 7) is 8.78. The van der Waals surface area contributed by atoms with Crippen molar-refractivity contribution in [2.45, 2.75) is 19.9 Å². The van der Waals surface area contributed by atoms with E-state index in [1.165, 1.54) is 10.6 Å². The molecule has 0 spiro atoms. The van der Waals surface area contributed by atoms with Gasteiger partial charge < -0.3 is 23.7 Å². The summed E-state index contributed by atoms with van der Waals surface area (Å²) in [4.78, 5) is 3.85. The Morgan fingerprint density at radius 3 is 2.50 bits per heavy atom. The highest BCUT2D eigenvalue weighted by Crippen LogP contribution is 2.28. The minimum absolute atomic E-state index is 0.147. The molecule has 3 aromatic rings. The predicted octanol–water partition coefficient (Wildman–Crippen LogP) is 2.61. The largest absolute Gasteiger partial charge is 0.497 e. The molecule has 1 aliphatic rings. The molecule has 0 unspecified atom stereocenters. The van der Waals surface area contributed by atoms with Crippen molar-refractivity contribution >= 4 is 5.69 Å². The lowest BCUT2D eigenvalue weighted by Crippen LogP contribution is -3.14. The lowest BCUT2D eigenvalue weighted by Gasteiger charge is -2.36. The Morgan fingerprint density at radius 2 is 1.80 bits per heavy atom. The number of anilines is 1. The highest BCUT2D eigenvalue weighted by molar-refractivity contribution is 5.58. The third kappa shape index (κ3) is 4.26. The van der Waals surface area contributed by atoms with Gasteiger partial charge in [0.1, 0.15) is 11.5 Å². The van der Waals surface area contributed by atoms with Crippen molar-refractivity contribution in [3.05, 3.63) is 54.4 Å². The minimum Gasteiger partial charge on any atom is -0.497 e. The van der Waals surface area contributed by atoms with Crippen molar-refractivity contribution in [2.24, 2.45) is 0 Å². The lowest BCUT2D eigenvalue weighted by atomic mass is 10.2. The van der Waals surface area contributed by atoms with Gasteiger partial charge in [0, 0.05) is 5.56 Å². The summed E-state index contributed by atoms with van der Waals surface area (Å²) in [5.74, 6) is 2.99. The van der Waals surface area contributed by atoms with Gasteiger partial charge in [0.25, 0.3) is 5.89 Å². The molecule has 1 aliphatic heterocycles. The van der Waals surface area contributed by atoms with Crippen molar-refractivity contribution < 1.29 is 18.8 Å². The van der Waals surface area contributed by atoms with Gasteiger partial charge in [0.2, 0.25) is 5.89 Å². The fourth-order valence-corrected chi connectivity index (χ4v) is 3.90. The Morgan fingerprint density at radius 1 is 1.07 bits per heavy atom. The van der Waals surface area contributed by atoms with Gasteiger partial charge in [-0.2, -0.15) is 0 Å². The molecule has 0 amide bonds. The molecule has 4 rings (SSSR count). The van der Waals surface area contributed by atoms with Gasteiger partial charge in [-0.05, 0) is 50.2 Å². The highest BCUT2D eigenvalue weighted by Gasteiger charge is 2.30. The van der Waals surface area contributed by atoms with E-state index in [0.29, 0.717) is 18.4 Å². The summed E-state index contributed by atoms with van der Waals surface area (Å²) >= 11 is 0. The van der Waals surface area contributed by atoms with Crippen molar-refractivity contribution in [3.63, 3.8) is 0 Å². The number of nitrogens with zero attached hydrogens (tertiary/aromatic N) is 3. The number of rotatable bonds is 7. The second-order valence-electron chi connectivity index (χ2n) is 7.44. The highest BCUT2D eigenvalue weighted by atomic mass is 16.5. The maximum Gasteiger partial charge on any atom is 0.274 e. The quantitative estimate of drug-likeness (QED) is 0.647. The van der Waals surface area contributed by atoms with Crippen LogP contribution in [0.5, 0.6) is 11.5 Å². The van der Waals surface area contributed by atoms with E-state index in [-0.39, 0.29) is 6.04 Å². The third-order valence-electron chi connectivity index (χ3n) is 5.67. The smallest absolute Gasteiger partial charge is 0.274 e. The Kier molecular flexibility index (Phi) is 6.18. The topological polar surface area (TPSA) is 65.1 Å². The molecule has 158 valence electrons. The Balaban J connectivity index is 1.40. The minimum atomic E-state index is 0.147. The van der Waals surface area contributed by atoms with Gasteiger partial charge in [-0.1, -0.05) is 12.1 Å². The number of nitrogens with one attached hydrogen (secondary N) is 1. The maximum atomic E-state index is 6.00. The molecular formula is C23H29N4O3+. The van der Waals surface area contributed by atoms with E-state index in [4.69, 9.17) is 13.9 Å². The Hall–Kier alpha value is -3.06. The van der Waals surface area contributed by atoms with E-state index in [1.807, 2.05) is 43.3 Å². The Labute approximate surface area is 177 Å². The fourth-order valence-electron chi connectivity index (χ4n) is 3.90. The molecule has 30 heavy (non-hydrogen) atoms. The summed E-state index contributed by atoms with van der Waals surface area (Å²) < 4.78 is 17.0. The van der Waals surface area contributed by atoms with Gasteiger partial charge in [-0.15, -0.1) is 10.2 Å². The summed E-state index contributed by atoms with van der Waals surface area (Å²) in [7, 11) is 1.65. The summed E-state index contributed by atoms with van der Waals surface area (Å²) in [5, 5.41) is 8.58. The molecule has 2 heterocycles. The second-order valence-corrected chi connectivity index (χ2v) is 7.44. The molecular weight excluding hydrogens is 380 g/mol. The van der Waals surface area contributed by atoms with Crippen molar-refractivity contribution in [1.29, 1.82) is 0 Å². The summed E-state index contributed by atoms with van der Waals surface area (Å²) in [6, 6.07) is 16.1. The van der Waals surface area contributed by atoms with E-state index in [0.717, 1.165) is 43.2 Å². The first-order valence-corrected chi connectivity index (χ1v) is 10.5. The number of ether oxygens (including phenoxy) is 2. The van der Waals surface area contributed by atoms with E-state index >= 15 is 0 Å². The monoisotopic (exact) mass is 409 g/mol. The van der Waals surface area contributed by atoms with Crippen molar-refractivity contribution in [1.82, 2.24) is 10.2 Å². The molecule has 0 radical (unpaired) electrons.